The maximum absolute atomic E-state index is 13.2. The molecule has 0 radical (unpaired) electrons. The van der Waals surface area contributed by atoms with Crippen molar-refractivity contribution in [2.75, 3.05) is 12.3 Å². The van der Waals surface area contributed by atoms with E-state index in [0.29, 0.717) is 17.4 Å². The second kappa shape index (κ2) is 6.06. The van der Waals surface area contributed by atoms with Gasteiger partial charge in [0.1, 0.15) is 5.82 Å². The Morgan fingerprint density at radius 1 is 1.42 bits per heavy atom. The van der Waals surface area contributed by atoms with Crippen LogP contribution in [0, 0.1) is 11.7 Å². The zero-order chi connectivity index (χ0) is 13.8. The van der Waals surface area contributed by atoms with Gasteiger partial charge in [0.25, 0.3) is 0 Å². The highest BCUT2D eigenvalue weighted by atomic mass is 32.2. The van der Waals surface area contributed by atoms with Crippen molar-refractivity contribution in [2.24, 2.45) is 5.92 Å². The minimum Gasteiger partial charge on any atom is -0.478 e. The molecule has 0 spiro atoms. The molecule has 1 aliphatic carbocycles. The van der Waals surface area contributed by atoms with E-state index in [4.69, 9.17) is 5.11 Å². The predicted molar refractivity (Wildman–Crippen MR) is 69.8 cm³/mol. The first kappa shape index (κ1) is 13.9. The summed E-state index contributed by atoms with van der Waals surface area (Å²) >= 11 is 1.20. The summed E-state index contributed by atoms with van der Waals surface area (Å²) in [5.74, 6) is -1.33. The summed E-state index contributed by atoms with van der Waals surface area (Å²) in [5, 5.41) is 11.6. The van der Waals surface area contributed by atoms with E-state index in [1.807, 2.05) is 0 Å². The Labute approximate surface area is 114 Å². The summed E-state index contributed by atoms with van der Waals surface area (Å²) in [6.07, 6.45) is 2.35. The number of thioether (sulfide) groups is 1. The zero-order valence-electron chi connectivity index (χ0n) is 10.2. The SMILES string of the molecule is O=C(CSc1ccc(F)c(C(=O)O)c1)NCC1CC1. The van der Waals surface area contributed by atoms with Crippen LogP contribution in [0.2, 0.25) is 0 Å². The maximum Gasteiger partial charge on any atom is 0.338 e. The maximum atomic E-state index is 13.2. The van der Waals surface area contributed by atoms with Gasteiger partial charge in [0.15, 0.2) is 0 Å². The molecule has 0 aromatic heterocycles. The minimum atomic E-state index is -1.31. The van der Waals surface area contributed by atoms with Crippen LogP contribution in [0.1, 0.15) is 23.2 Å². The smallest absolute Gasteiger partial charge is 0.338 e. The second-order valence-corrected chi connectivity index (χ2v) is 5.53. The molecule has 0 bridgehead atoms. The summed E-state index contributed by atoms with van der Waals surface area (Å²) in [6.45, 7) is 0.711. The van der Waals surface area contributed by atoms with Gasteiger partial charge >= 0.3 is 5.97 Å². The third-order valence-corrected chi connectivity index (χ3v) is 3.82. The van der Waals surface area contributed by atoms with Crippen LogP contribution in [-0.2, 0) is 4.79 Å². The van der Waals surface area contributed by atoms with Crippen molar-refractivity contribution in [1.29, 1.82) is 0 Å². The van der Waals surface area contributed by atoms with Gasteiger partial charge in [-0.05, 0) is 37.0 Å². The molecule has 0 saturated heterocycles. The summed E-state index contributed by atoms with van der Waals surface area (Å²) in [7, 11) is 0. The molecule has 1 amide bonds. The van der Waals surface area contributed by atoms with E-state index >= 15 is 0 Å². The number of hydrogen-bond donors (Lipinski definition) is 2. The van der Waals surface area contributed by atoms with Crippen LogP contribution in [0.4, 0.5) is 4.39 Å². The van der Waals surface area contributed by atoms with Gasteiger partial charge in [-0.25, -0.2) is 9.18 Å². The largest absolute Gasteiger partial charge is 0.478 e. The van der Waals surface area contributed by atoms with Gasteiger partial charge in [-0.1, -0.05) is 0 Å². The van der Waals surface area contributed by atoms with E-state index in [-0.39, 0.29) is 17.2 Å². The highest BCUT2D eigenvalue weighted by Gasteiger charge is 2.21. The Morgan fingerprint density at radius 3 is 2.79 bits per heavy atom. The zero-order valence-corrected chi connectivity index (χ0v) is 11.0. The third-order valence-electron chi connectivity index (χ3n) is 2.82. The van der Waals surface area contributed by atoms with Crippen molar-refractivity contribution in [3.8, 4) is 0 Å². The molecule has 0 heterocycles. The highest BCUT2D eigenvalue weighted by Crippen LogP contribution is 2.27. The molecule has 1 saturated carbocycles. The van der Waals surface area contributed by atoms with E-state index < -0.39 is 11.8 Å². The van der Waals surface area contributed by atoms with Crippen LogP contribution in [-0.4, -0.2) is 29.3 Å². The molecule has 1 aromatic carbocycles. The van der Waals surface area contributed by atoms with Crippen LogP contribution in [0.5, 0.6) is 0 Å². The Balaban J connectivity index is 1.86. The van der Waals surface area contributed by atoms with E-state index in [2.05, 4.69) is 5.32 Å². The first-order valence-electron chi connectivity index (χ1n) is 5.98. The van der Waals surface area contributed by atoms with Gasteiger partial charge in [-0.2, -0.15) is 0 Å². The van der Waals surface area contributed by atoms with Crippen molar-refractivity contribution in [2.45, 2.75) is 17.7 Å². The molecule has 2 rings (SSSR count). The Bertz CT molecular complexity index is 503. The van der Waals surface area contributed by atoms with Crippen LogP contribution >= 0.6 is 11.8 Å². The van der Waals surface area contributed by atoms with Gasteiger partial charge in [0, 0.05) is 11.4 Å². The van der Waals surface area contributed by atoms with Crippen molar-refractivity contribution in [3.05, 3.63) is 29.6 Å². The number of nitrogens with one attached hydrogen (secondary N) is 1. The van der Waals surface area contributed by atoms with E-state index in [9.17, 15) is 14.0 Å². The van der Waals surface area contributed by atoms with Gasteiger partial charge in [0.2, 0.25) is 5.91 Å². The number of carboxylic acid groups (broad SMARTS) is 1. The molecule has 0 aliphatic heterocycles. The fourth-order valence-electron chi connectivity index (χ4n) is 1.54. The molecular formula is C13H14FNO3S. The molecule has 1 fully saturated rings. The average molecular weight is 283 g/mol. The number of aromatic carboxylic acids is 1. The monoisotopic (exact) mass is 283 g/mol. The molecule has 2 N–H and O–H groups in total. The summed E-state index contributed by atoms with van der Waals surface area (Å²) in [4.78, 5) is 22.8. The molecule has 0 unspecified atom stereocenters. The Hall–Kier alpha value is -1.56. The third kappa shape index (κ3) is 4.24. The molecule has 6 heteroatoms. The molecule has 102 valence electrons. The molecule has 0 atom stereocenters. The van der Waals surface area contributed by atoms with Gasteiger partial charge in [0.05, 0.1) is 11.3 Å². The number of carboxylic acids is 1. The lowest BCUT2D eigenvalue weighted by Gasteiger charge is -2.05. The predicted octanol–water partition coefficient (Wildman–Crippen LogP) is 2.14. The lowest BCUT2D eigenvalue weighted by Crippen LogP contribution is -2.27. The van der Waals surface area contributed by atoms with Crippen LogP contribution in [0.3, 0.4) is 0 Å². The van der Waals surface area contributed by atoms with Crippen LogP contribution in [0.15, 0.2) is 23.1 Å². The normalized spacial score (nSPS) is 14.2. The first-order chi connectivity index (χ1) is 9.06. The van der Waals surface area contributed by atoms with Gasteiger partial charge in [-0.3, -0.25) is 4.79 Å². The number of benzene rings is 1. The fraction of sp³-hybridized carbons (Fsp3) is 0.385. The number of halogens is 1. The molecule has 1 aromatic rings. The molecule has 19 heavy (non-hydrogen) atoms. The van der Waals surface area contributed by atoms with E-state index in [1.165, 1.54) is 36.7 Å². The summed E-state index contributed by atoms with van der Waals surface area (Å²) in [5.41, 5.74) is -0.372. The minimum absolute atomic E-state index is 0.0851. The van der Waals surface area contributed by atoms with Crippen molar-refractivity contribution in [3.63, 3.8) is 0 Å². The fourth-order valence-corrected chi connectivity index (χ4v) is 2.30. The number of carbonyl (C=O) groups is 2. The molecule has 1 aliphatic rings. The van der Waals surface area contributed by atoms with Crippen molar-refractivity contribution >= 4 is 23.6 Å². The quantitative estimate of drug-likeness (QED) is 0.785. The van der Waals surface area contributed by atoms with Gasteiger partial charge in [-0.15, -0.1) is 11.8 Å². The van der Waals surface area contributed by atoms with E-state index in [0.717, 1.165) is 6.07 Å². The highest BCUT2D eigenvalue weighted by molar-refractivity contribution is 8.00. The lowest BCUT2D eigenvalue weighted by atomic mass is 10.2. The van der Waals surface area contributed by atoms with Crippen LogP contribution < -0.4 is 5.32 Å². The number of rotatable bonds is 6. The number of amides is 1. The Kier molecular flexibility index (Phi) is 4.42. The van der Waals surface area contributed by atoms with Crippen molar-refractivity contribution < 1.29 is 19.1 Å². The Morgan fingerprint density at radius 2 is 2.16 bits per heavy atom. The summed E-state index contributed by atoms with van der Waals surface area (Å²) in [6, 6.07) is 3.82. The first-order valence-corrected chi connectivity index (χ1v) is 6.97. The number of hydrogen-bond acceptors (Lipinski definition) is 3. The van der Waals surface area contributed by atoms with Gasteiger partial charge < -0.3 is 10.4 Å². The number of carbonyl (C=O) groups excluding carboxylic acids is 1. The standard InChI is InChI=1S/C13H14FNO3S/c14-11-4-3-9(5-10(11)13(17)18)19-7-12(16)15-6-8-1-2-8/h3-5,8H,1-2,6-7H2,(H,15,16)(H,17,18). The van der Waals surface area contributed by atoms with Crippen LogP contribution in [0.25, 0.3) is 0 Å². The summed E-state index contributed by atoms with van der Waals surface area (Å²) < 4.78 is 13.2. The van der Waals surface area contributed by atoms with Crippen molar-refractivity contribution in [1.82, 2.24) is 5.32 Å². The van der Waals surface area contributed by atoms with E-state index in [1.54, 1.807) is 0 Å². The second-order valence-electron chi connectivity index (χ2n) is 4.48. The topological polar surface area (TPSA) is 66.4 Å². The lowest BCUT2D eigenvalue weighted by molar-refractivity contribution is -0.118. The average Bonchev–Trinajstić information content (AvgIpc) is 3.19. The molecular weight excluding hydrogens is 269 g/mol. The molecule has 4 nitrogen and oxygen atoms in total.